The molecule has 1 rings (SSSR count). The lowest BCUT2D eigenvalue weighted by Gasteiger charge is -2.23. The lowest BCUT2D eigenvalue weighted by Crippen LogP contribution is -2.28. The van der Waals surface area contributed by atoms with E-state index < -0.39 is 0 Å². The highest BCUT2D eigenvalue weighted by Crippen LogP contribution is 2.14. The molecule has 0 aliphatic carbocycles. The molecule has 0 saturated carbocycles. The molecular formula is C13H17N3O. The Hall–Kier alpha value is -1.89. The molecule has 0 aliphatic heterocycles. The molecule has 0 saturated heterocycles. The summed E-state index contributed by atoms with van der Waals surface area (Å²) in [5.41, 5.74) is 0.651. The van der Waals surface area contributed by atoms with Crippen molar-refractivity contribution in [1.29, 1.82) is 5.26 Å². The molecule has 0 N–H and O–H groups in total. The summed E-state index contributed by atoms with van der Waals surface area (Å²) in [5.74, 6) is 0.720. The summed E-state index contributed by atoms with van der Waals surface area (Å²) in [6, 6.07) is 5.68. The zero-order chi connectivity index (χ0) is 12.8. The second-order valence-corrected chi connectivity index (χ2v) is 4.03. The highest BCUT2D eigenvalue weighted by atomic mass is 16.1. The van der Waals surface area contributed by atoms with Gasteiger partial charge < -0.3 is 4.90 Å². The Morgan fingerprint density at radius 1 is 1.65 bits per heavy atom. The maximum Gasteiger partial charge on any atom is 0.159 e. The molecule has 0 bridgehead atoms. The summed E-state index contributed by atoms with van der Waals surface area (Å²) < 4.78 is 0. The van der Waals surface area contributed by atoms with Gasteiger partial charge in [0.1, 0.15) is 5.82 Å². The van der Waals surface area contributed by atoms with Gasteiger partial charge in [0.15, 0.2) is 5.78 Å². The standard InChI is InChI=1S/C13H17N3O/c1-4-16(9-10(2)8-14)13-7-12(11(3)17)5-6-15-13/h5-7,10H,4,9H2,1-3H3. The Morgan fingerprint density at radius 2 is 2.35 bits per heavy atom. The molecule has 0 radical (unpaired) electrons. The third-order valence-corrected chi connectivity index (χ3v) is 2.57. The smallest absolute Gasteiger partial charge is 0.159 e. The van der Waals surface area contributed by atoms with E-state index in [2.05, 4.69) is 11.1 Å². The first kappa shape index (κ1) is 13.2. The van der Waals surface area contributed by atoms with Crippen LogP contribution >= 0.6 is 0 Å². The van der Waals surface area contributed by atoms with Crippen molar-refractivity contribution >= 4 is 11.6 Å². The molecule has 17 heavy (non-hydrogen) atoms. The van der Waals surface area contributed by atoms with Gasteiger partial charge in [0.2, 0.25) is 0 Å². The number of aromatic nitrogens is 1. The maximum absolute atomic E-state index is 11.3. The number of carbonyl (C=O) groups excluding carboxylic acids is 1. The van der Waals surface area contributed by atoms with Crippen LogP contribution in [0.2, 0.25) is 0 Å². The van der Waals surface area contributed by atoms with E-state index in [1.807, 2.05) is 18.7 Å². The van der Waals surface area contributed by atoms with E-state index in [4.69, 9.17) is 5.26 Å². The number of rotatable bonds is 5. The van der Waals surface area contributed by atoms with E-state index >= 15 is 0 Å². The van der Waals surface area contributed by atoms with Crippen molar-refractivity contribution in [3.05, 3.63) is 23.9 Å². The van der Waals surface area contributed by atoms with Gasteiger partial charge in [0, 0.05) is 24.8 Å². The number of anilines is 1. The molecule has 4 nitrogen and oxygen atoms in total. The van der Waals surface area contributed by atoms with Crippen LogP contribution in [0.25, 0.3) is 0 Å². The fraction of sp³-hybridized carbons (Fsp3) is 0.462. The van der Waals surface area contributed by atoms with Gasteiger partial charge in [-0.3, -0.25) is 4.79 Å². The monoisotopic (exact) mass is 231 g/mol. The number of ketones is 1. The van der Waals surface area contributed by atoms with Crippen LogP contribution in [-0.4, -0.2) is 23.9 Å². The summed E-state index contributed by atoms with van der Waals surface area (Å²) in [5, 5.41) is 8.82. The molecule has 4 heteroatoms. The average molecular weight is 231 g/mol. The zero-order valence-corrected chi connectivity index (χ0v) is 10.5. The molecule has 0 amide bonds. The molecule has 1 aromatic rings. The van der Waals surface area contributed by atoms with Gasteiger partial charge in [-0.25, -0.2) is 4.98 Å². The van der Waals surface area contributed by atoms with Crippen LogP contribution in [0.4, 0.5) is 5.82 Å². The number of nitrogens with zero attached hydrogens (tertiary/aromatic N) is 3. The molecule has 1 atom stereocenters. The van der Waals surface area contributed by atoms with Crippen molar-refractivity contribution in [2.75, 3.05) is 18.0 Å². The predicted octanol–water partition coefficient (Wildman–Crippen LogP) is 2.27. The van der Waals surface area contributed by atoms with Crippen LogP contribution < -0.4 is 4.90 Å². The first-order chi connectivity index (χ1) is 8.08. The number of carbonyl (C=O) groups is 1. The second kappa shape index (κ2) is 6.00. The fourth-order valence-corrected chi connectivity index (χ4v) is 1.57. The molecular weight excluding hydrogens is 214 g/mol. The van der Waals surface area contributed by atoms with Crippen LogP contribution in [0.5, 0.6) is 0 Å². The van der Waals surface area contributed by atoms with E-state index in [0.717, 1.165) is 12.4 Å². The van der Waals surface area contributed by atoms with Crippen molar-refractivity contribution in [2.45, 2.75) is 20.8 Å². The summed E-state index contributed by atoms with van der Waals surface area (Å²) in [6.07, 6.45) is 1.63. The summed E-state index contributed by atoms with van der Waals surface area (Å²) in [7, 11) is 0. The number of hydrogen-bond donors (Lipinski definition) is 0. The van der Waals surface area contributed by atoms with E-state index in [-0.39, 0.29) is 11.7 Å². The molecule has 0 aromatic carbocycles. The molecule has 1 heterocycles. The number of pyridine rings is 1. The molecule has 0 spiro atoms. The topological polar surface area (TPSA) is 57.0 Å². The highest BCUT2D eigenvalue weighted by molar-refractivity contribution is 5.94. The van der Waals surface area contributed by atoms with Crippen molar-refractivity contribution in [2.24, 2.45) is 5.92 Å². The van der Waals surface area contributed by atoms with E-state index in [1.54, 1.807) is 18.3 Å². The van der Waals surface area contributed by atoms with Crippen molar-refractivity contribution in [1.82, 2.24) is 4.98 Å². The Morgan fingerprint density at radius 3 is 2.88 bits per heavy atom. The number of hydrogen-bond acceptors (Lipinski definition) is 4. The van der Waals surface area contributed by atoms with Gasteiger partial charge >= 0.3 is 0 Å². The molecule has 1 aromatic heterocycles. The minimum atomic E-state index is -0.0577. The van der Waals surface area contributed by atoms with Crippen LogP contribution in [0, 0.1) is 17.2 Å². The molecule has 1 unspecified atom stereocenters. The Balaban J connectivity index is 2.92. The molecule has 0 fully saturated rings. The van der Waals surface area contributed by atoms with Crippen molar-refractivity contribution in [3.63, 3.8) is 0 Å². The summed E-state index contributed by atoms with van der Waals surface area (Å²) in [4.78, 5) is 17.5. The van der Waals surface area contributed by atoms with E-state index in [0.29, 0.717) is 12.1 Å². The Labute approximate surface area is 102 Å². The van der Waals surface area contributed by atoms with E-state index in [1.165, 1.54) is 6.92 Å². The number of Topliss-reactive ketones (excluding diaryl/α,β-unsaturated/α-hetero) is 1. The lowest BCUT2D eigenvalue weighted by atomic mass is 10.1. The quantitative estimate of drug-likeness (QED) is 0.729. The summed E-state index contributed by atoms with van der Waals surface area (Å²) in [6.45, 7) is 6.80. The third-order valence-electron chi connectivity index (χ3n) is 2.57. The first-order valence-corrected chi connectivity index (χ1v) is 5.70. The Kier molecular flexibility index (Phi) is 4.65. The minimum Gasteiger partial charge on any atom is -0.356 e. The first-order valence-electron chi connectivity index (χ1n) is 5.70. The highest BCUT2D eigenvalue weighted by Gasteiger charge is 2.11. The van der Waals surface area contributed by atoms with Crippen LogP contribution in [0.15, 0.2) is 18.3 Å². The lowest BCUT2D eigenvalue weighted by molar-refractivity contribution is 0.101. The van der Waals surface area contributed by atoms with Gasteiger partial charge in [0.25, 0.3) is 0 Å². The largest absolute Gasteiger partial charge is 0.356 e. The van der Waals surface area contributed by atoms with Crippen LogP contribution in [0.3, 0.4) is 0 Å². The Bertz CT molecular complexity index is 437. The average Bonchev–Trinajstić information content (AvgIpc) is 2.35. The zero-order valence-electron chi connectivity index (χ0n) is 10.5. The summed E-state index contributed by atoms with van der Waals surface area (Å²) >= 11 is 0. The van der Waals surface area contributed by atoms with Gasteiger partial charge in [-0.2, -0.15) is 5.26 Å². The van der Waals surface area contributed by atoms with Gasteiger partial charge in [-0.1, -0.05) is 0 Å². The van der Waals surface area contributed by atoms with E-state index in [9.17, 15) is 4.79 Å². The van der Waals surface area contributed by atoms with Gasteiger partial charge in [0.05, 0.1) is 12.0 Å². The predicted molar refractivity (Wildman–Crippen MR) is 66.9 cm³/mol. The second-order valence-electron chi connectivity index (χ2n) is 4.03. The normalized spacial score (nSPS) is 11.6. The minimum absolute atomic E-state index is 0.0260. The molecule has 90 valence electrons. The van der Waals surface area contributed by atoms with Crippen LogP contribution in [-0.2, 0) is 0 Å². The van der Waals surface area contributed by atoms with Crippen LogP contribution in [0.1, 0.15) is 31.1 Å². The number of nitriles is 1. The van der Waals surface area contributed by atoms with Gasteiger partial charge in [-0.05, 0) is 32.9 Å². The van der Waals surface area contributed by atoms with Crippen molar-refractivity contribution in [3.8, 4) is 6.07 Å². The SMILES string of the molecule is CCN(CC(C)C#N)c1cc(C(C)=O)ccn1. The maximum atomic E-state index is 11.3. The molecule has 0 aliphatic rings. The third kappa shape index (κ3) is 3.56. The van der Waals surface area contributed by atoms with Crippen molar-refractivity contribution < 1.29 is 4.79 Å². The van der Waals surface area contributed by atoms with Gasteiger partial charge in [-0.15, -0.1) is 0 Å². The fourth-order valence-electron chi connectivity index (χ4n) is 1.57.